The highest BCUT2D eigenvalue weighted by molar-refractivity contribution is 9.10. The molecule has 0 radical (unpaired) electrons. The van der Waals surface area contributed by atoms with Gasteiger partial charge in [0.05, 0.1) is 64.0 Å². The molecule has 0 heterocycles. The zero-order chi connectivity index (χ0) is 39.4. The summed E-state index contributed by atoms with van der Waals surface area (Å²) in [5.41, 5.74) is 7.63. The minimum Gasteiger partial charge on any atom is -0.493 e. The summed E-state index contributed by atoms with van der Waals surface area (Å²) in [6, 6.07) is 10.8. The largest absolute Gasteiger partial charge is 0.493 e. The standard InChI is InChI=1S/C14H20O3Si.C11H12O3.C9H11BrO3.C5H10Si/c1-15-12-9-11(7-8-18(4,5)6)10-13(16-2)14(12)17-3;1-5-8-6-9(12-2)11(14-4)10(7-8)13-3;1-11-7-4-6(10)5-8(12-2)9(7)13-3;1-5-6(2,3)4/h9-10H,1-6H3;1,6-7H,2-4H3;4-5H,1-3H3;1H,2-4H3. The van der Waals surface area contributed by atoms with Gasteiger partial charge in [-0.1, -0.05) is 67.1 Å². The maximum Gasteiger partial charge on any atom is 0.203 e. The smallest absolute Gasteiger partial charge is 0.203 e. The molecule has 0 fully saturated rings. The molecule has 278 valence electrons. The lowest BCUT2D eigenvalue weighted by Gasteiger charge is -2.12. The Balaban J connectivity index is 0.000000689. The van der Waals surface area contributed by atoms with Crippen LogP contribution in [0.1, 0.15) is 11.1 Å². The molecule has 0 atom stereocenters. The molecule has 3 aromatic rings. The molecule has 0 N–H and O–H groups in total. The Morgan fingerprint density at radius 1 is 0.451 bits per heavy atom. The third-order valence-corrected chi connectivity index (χ3v) is 8.34. The van der Waals surface area contributed by atoms with Gasteiger partial charge in [0.1, 0.15) is 16.1 Å². The van der Waals surface area contributed by atoms with Crippen LogP contribution >= 0.6 is 15.9 Å². The van der Waals surface area contributed by atoms with E-state index in [1.54, 1.807) is 76.1 Å². The molecular formula is C39H53BrO9Si2. The number of rotatable bonds is 9. The Morgan fingerprint density at radius 3 is 0.941 bits per heavy atom. The van der Waals surface area contributed by atoms with Crippen molar-refractivity contribution in [3.05, 3.63) is 52.0 Å². The number of benzene rings is 3. The minimum atomic E-state index is -1.39. The van der Waals surface area contributed by atoms with E-state index in [1.807, 2.05) is 24.3 Å². The van der Waals surface area contributed by atoms with Crippen LogP contribution in [-0.2, 0) is 0 Å². The Labute approximate surface area is 316 Å². The molecule has 0 aliphatic rings. The summed E-state index contributed by atoms with van der Waals surface area (Å²) >= 11 is 3.34. The van der Waals surface area contributed by atoms with Crippen molar-refractivity contribution in [3.63, 3.8) is 0 Å². The van der Waals surface area contributed by atoms with Gasteiger partial charge in [0.25, 0.3) is 0 Å². The molecule has 0 unspecified atom stereocenters. The summed E-state index contributed by atoms with van der Waals surface area (Å²) in [7, 11) is 11.7. The Bertz CT molecular complexity index is 1610. The molecule has 51 heavy (non-hydrogen) atoms. The number of hydrogen-bond acceptors (Lipinski definition) is 9. The van der Waals surface area contributed by atoms with Crippen LogP contribution in [0.15, 0.2) is 40.9 Å². The van der Waals surface area contributed by atoms with Gasteiger partial charge in [0.2, 0.25) is 17.2 Å². The highest BCUT2D eigenvalue weighted by atomic mass is 79.9. The van der Waals surface area contributed by atoms with Crippen LogP contribution in [0.5, 0.6) is 51.7 Å². The lowest BCUT2D eigenvalue weighted by atomic mass is 10.2. The minimum absolute atomic E-state index is 0.550. The van der Waals surface area contributed by atoms with Crippen molar-refractivity contribution in [3.8, 4) is 87.5 Å². The van der Waals surface area contributed by atoms with Crippen LogP contribution in [0.25, 0.3) is 0 Å². The molecule has 3 aromatic carbocycles. The lowest BCUT2D eigenvalue weighted by molar-refractivity contribution is 0.324. The predicted octanol–water partition coefficient (Wildman–Crippen LogP) is 8.61. The molecule has 0 amide bonds. The molecule has 0 saturated heterocycles. The van der Waals surface area contributed by atoms with Crippen LogP contribution in [0, 0.1) is 35.8 Å². The first kappa shape index (κ1) is 46.5. The summed E-state index contributed by atoms with van der Waals surface area (Å²) < 4.78 is 47.5. The second kappa shape index (κ2) is 23.0. The molecule has 0 aromatic heterocycles. The average Bonchev–Trinajstić information content (AvgIpc) is 3.12. The van der Waals surface area contributed by atoms with Crippen molar-refractivity contribution >= 4 is 32.1 Å². The molecular weight excluding hydrogens is 748 g/mol. The average molecular weight is 802 g/mol. The second-order valence-electron chi connectivity index (χ2n) is 12.2. The maximum atomic E-state index is 5.29. The monoisotopic (exact) mass is 800 g/mol. The van der Waals surface area contributed by atoms with E-state index in [2.05, 4.69) is 78.1 Å². The fourth-order valence-electron chi connectivity index (χ4n) is 3.63. The number of terminal acetylenes is 2. The molecule has 0 saturated carbocycles. The van der Waals surface area contributed by atoms with Crippen molar-refractivity contribution in [1.82, 2.24) is 0 Å². The van der Waals surface area contributed by atoms with Crippen molar-refractivity contribution in [2.45, 2.75) is 39.3 Å². The normalized spacial score (nSPS) is 9.76. The summed E-state index contributed by atoms with van der Waals surface area (Å²) in [6.07, 6.45) is 10.4. The van der Waals surface area contributed by atoms with Crippen molar-refractivity contribution in [1.29, 1.82) is 0 Å². The van der Waals surface area contributed by atoms with E-state index in [4.69, 9.17) is 55.5 Å². The van der Waals surface area contributed by atoms with Gasteiger partial charge in [-0.25, -0.2) is 0 Å². The molecule has 0 aliphatic heterocycles. The number of halogens is 1. The van der Waals surface area contributed by atoms with E-state index in [0.29, 0.717) is 57.3 Å². The fourth-order valence-corrected chi connectivity index (χ4v) is 4.56. The van der Waals surface area contributed by atoms with Crippen LogP contribution < -0.4 is 42.6 Å². The number of ether oxygens (including phenoxy) is 9. The summed E-state index contributed by atoms with van der Waals surface area (Å²) in [5, 5.41) is 0. The summed E-state index contributed by atoms with van der Waals surface area (Å²) in [6.45, 7) is 13.1. The Kier molecular flexibility index (Phi) is 21.0. The zero-order valence-corrected chi connectivity index (χ0v) is 36.3. The first-order valence-corrected chi connectivity index (χ1v) is 23.3. The van der Waals surface area contributed by atoms with E-state index < -0.39 is 16.1 Å². The maximum absolute atomic E-state index is 5.29. The summed E-state index contributed by atoms with van der Waals surface area (Å²) in [5.74, 6) is 11.1. The van der Waals surface area contributed by atoms with Crippen LogP contribution in [0.4, 0.5) is 0 Å². The molecule has 0 bridgehead atoms. The third-order valence-electron chi connectivity index (χ3n) is 6.14. The van der Waals surface area contributed by atoms with Gasteiger partial charge in [0.15, 0.2) is 34.5 Å². The van der Waals surface area contributed by atoms with E-state index in [9.17, 15) is 0 Å². The summed E-state index contributed by atoms with van der Waals surface area (Å²) in [4.78, 5) is 0. The van der Waals surface area contributed by atoms with E-state index in [0.717, 1.165) is 10.0 Å². The zero-order valence-electron chi connectivity index (χ0n) is 32.7. The van der Waals surface area contributed by atoms with Crippen molar-refractivity contribution < 1.29 is 42.6 Å². The molecule has 0 aliphatic carbocycles. The van der Waals surface area contributed by atoms with Gasteiger partial charge < -0.3 is 42.6 Å². The van der Waals surface area contributed by atoms with Gasteiger partial charge in [-0.2, -0.15) is 0 Å². The lowest BCUT2D eigenvalue weighted by Crippen LogP contribution is -2.16. The first-order valence-electron chi connectivity index (χ1n) is 15.5. The molecule has 0 spiro atoms. The Hall–Kier alpha value is -4.55. The van der Waals surface area contributed by atoms with E-state index >= 15 is 0 Å². The van der Waals surface area contributed by atoms with Gasteiger partial charge in [-0.15, -0.1) is 23.9 Å². The molecule has 12 heteroatoms. The third kappa shape index (κ3) is 16.3. The van der Waals surface area contributed by atoms with Crippen molar-refractivity contribution in [2.24, 2.45) is 0 Å². The highest BCUT2D eigenvalue weighted by Gasteiger charge is 2.14. The van der Waals surface area contributed by atoms with Crippen LogP contribution in [0.2, 0.25) is 39.3 Å². The van der Waals surface area contributed by atoms with E-state index in [1.165, 1.54) is 0 Å². The SMILES string of the molecule is C#C[Si](C)(C)C.C#Cc1cc(OC)c(OC)c(OC)c1.COc1cc(Br)cc(OC)c1OC.COc1cc(C#C[Si](C)(C)C)cc(OC)c1OC. The van der Waals surface area contributed by atoms with Gasteiger partial charge in [-0.3, -0.25) is 0 Å². The quantitative estimate of drug-likeness (QED) is 0.156. The van der Waals surface area contributed by atoms with E-state index in [-0.39, 0.29) is 0 Å². The van der Waals surface area contributed by atoms with Crippen molar-refractivity contribution in [2.75, 3.05) is 64.0 Å². The predicted molar refractivity (Wildman–Crippen MR) is 216 cm³/mol. The van der Waals surface area contributed by atoms with Gasteiger partial charge in [-0.05, 0) is 36.4 Å². The number of methoxy groups -OCH3 is 9. The second-order valence-corrected chi connectivity index (χ2v) is 22.7. The topological polar surface area (TPSA) is 83.1 Å². The molecule has 3 rings (SSSR count). The fraction of sp³-hybridized carbons (Fsp3) is 0.385. The highest BCUT2D eigenvalue weighted by Crippen LogP contribution is 2.40. The first-order chi connectivity index (χ1) is 24.0. The van der Waals surface area contributed by atoms with Crippen LogP contribution in [-0.4, -0.2) is 80.1 Å². The van der Waals surface area contributed by atoms with Gasteiger partial charge >= 0.3 is 0 Å². The molecule has 9 nitrogen and oxygen atoms in total. The Morgan fingerprint density at radius 2 is 0.725 bits per heavy atom. The van der Waals surface area contributed by atoms with Gasteiger partial charge in [0, 0.05) is 15.6 Å². The number of hydrogen-bond donors (Lipinski definition) is 0. The van der Waals surface area contributed by atoms with Crippen LogP contribution in [0.3, 0.4) is 0 Å².